The maximum absolute atomic E-state index is 12.3. The van der Waals surface area contributed by atoms with Crippen LogP contribution in [0.2, 0.25) is 0 Å². The molecule has 0 spiro atoms. The summed E-state index contributed by atoms with van der Waals surface area (Å²) < 4.78 is 23.4. The Hall–Kier alpha value is -1.81. The third-order valence-electron chi connectivity index (χ3n) is 5.23. The van der Waals surface area contributed by atoms with Crippen molar-refractivity contribution in [2.24, 2.45) is 0 Å². The van der Waals surface area contributed by atoms with Crippen molar-refractivity contribution < 1.29 is 13.6 Å². The first-order valence-corrected chi connectivity index (χ1v) is 11.3. The molecular weight excluding hydrogens is 371 g/mol. The van der Waals surface area contributed by atoms with Crippen LogP contribution >= 0.6 is 8.25 Å². The van der Waals surface area contributed by atoms with Gasteiger partial charge in [-0.15, -0.1) is 0 Å². The van der Waals surface area contributed by atoms with Gasteiger partial charge in [0.25, 0.3) is 0 Å². The fraction of sp³-hybridized carbons (Fsp3) is 0.455. The van der Waals surface area contributed by atoms with Gasteiger partial charge in [0.1, 0.15) is 0 Å². The van der Waals surface area contributed by atoms with Gasteiger partial charge in [-0.25, -0.2) is 0 Å². The summed E-state index contributed by atoms with van der Waals surface area (Å²) in [5, 5.41) is 0. The first kappa shape index (κ1) is 22.5. The Balaban J connectivity index is 2.03. The molecule has 2 aromatic carbocycles. The average molecular weight is 404 g/mol. The largest absolute Gasteiger partial charge is 0.398 e. The van der Waals surface area contributed by atoms with Crippen LogP contribution in [-0.4, -0.2) is 0 Å². The van der Waals surface area contributed by atoms with Gasteiger partial charge >= 0.3 is 8.25 Å². The minimum Gasteiger partial charge on any atom is -0.398 e. The Morgan fingerprint density at radius 3 is 1.36 bits per heavy atom. The Bertz CT molecular complexity index is 770. The molecule has 2 rings (SSSR count). The molecular formula is C22H33N2O3P. The van der Waals surface area contributed by atoms with Crippen LogP contribution < -0.4 is 11.5 Å². The maximum Gasteiger partial charge on any atom is 0.319 e. The number of hydrogen-bond donors (Lipinski definition) is 2. The molecule has 0 aromatic heterocycles. The number of anilines is 2. The third kappa shape index (κ3) is 5.16. The summed E-state index contributed by atoms with van der Waals surface area (Å²) in [7, 11) is -2.60. The lowest BCUT2D eigenvalue weighted by molar-refractivity contribution is 0.212. The summed E-state index contributed by atoms with van der Waals surface area (Å²) in [5.41, 5.74) is 20.4. The molecule has 5 nitrogen and oxygen atoms in total. The van der Waals surface area contributed by atoms with E-state index >= 15 is 0 Å². The molecule has 0 saturated heterocycles. The average Bonchev–Trinajstić information content (AvgIpc) is 2.70. The monoisotopic (exact) mass is 404 g/mol. The molecule has 0 atom stereocenters. The Kier molecular flexibility index (Phi) is 8.56. The van der Waals surface area contributed by atoms with E-state index in [0.29, 0.717) is 0 Å². The zero-order chi connectivity index (χ0) is 20.7. The topological polar surface area (TPSA) is 87.6 Å². The number of nitrogens with two attached hydrogens (primary N) is 2. The van der Waals surface area contributed by atoms with Crippen molar-refractivity contribution in [3.8, 4) is 0 Å². The van der Waals surface area contributed by atoms with E-state index in [1.54, 1.807) is 0 Å². The lowest BCUT2D eigenvalue weighted by Crippen LogP contribution is -2.04. The Labute approximate surface area is 169 Å². The molecule has 0 unspecified atom stereocenters. The van der Waals surface area contributed by atoms with Gasteiger partial charge in [0.15, 0.2) is 0 Å². The van der Waals surface area contributed by atoms with E-state index in [4.69, 9.17) is 20.5 Å². The van der Waals surface area contributed by atoms with E-state index in [2.05, 4.69) is 27.7 Å². The van der Waals surface area contributed by atoms with Crippen molar-refractivity contribution >= 4 is 19.6 Å². The third-order valence-corrected chi connectivity index (χ3v) is 5.99. The van der Waals surface area contributed by atoms with Crippen LogP contribution in [0, 0.1) is 0 Å². The lowest BCUT2D eigenvalue weighted by atomic mass is 9.96. The highest BCUT2D eigenvalue weighted by molar-refractivity contribution is 7.33. The van der Waals surface area contributed by atoms with Crippen LogP contribution in [0.4, 0.5) is 11.4 Å². The predicted octanol–water partition coefficient (Wildman–Crippen LogP) is 5.22. The Morgan fingerprint density at radius 2 is 1.04 bits per heavy atom. The molecule has 0 saturated carbocycles. The van der Waals surface area contributed by atoms with E-state index in [-0.39, 0.29) is 13.2 Å². The molecule has 0 radical (unpaired) electrons. The number of rotatable bonds is 10. The smallest absolute Gasteiger partial charge is 0.319 e. The van der Waals surface area contributed by atoms with Crippen LogP contribution in [0.1, 0.15) is 61.1 Å². The number of benzene rings is 2. The van der Waals surface area contributed by atoms with Crippen molar-refractivity contribution in [1.29, 1.82) is 0 Å². The molecule has 4 N–H and O–H groups in total. The van der Waals surface area contributed by atoms with Crippen molar-refractivity contribution in [1.82, 2.24) is 0 Å². The van der Waals surface area contributed by atoms with E-state index < -0.39 is 8.25 Å². The molecule has 0 fully saturated rings. The maximum atomic E-state index is 12.3. The predicted molar refractivity (Wildman–Crippen MR) is 118 cm³/mol. The normalized spacial score (nSPS) is 11.3. The van der Waals surface area contributed by atoms with Crippen LogP contribution in [0.25, 0.3) is 0 Å². The zero-order valence-corrected chi connectivity index (χ0v) is 18.4. The lowest BCUT2D eigenvalue weighted by Gasteiger charge is -2.16. The molecule has 28 heavy (non-hydrogen) atoms. The van der Waals surface area contributed by atoms with Gasteiger partial charge in [-0.2, -0.15) is 0 Å². The van der Waals surface area contributed by atoms with Gasteiger partial charge in [-0.1, -0.05) is 39.8 Å². The second-order valence-electron chi connectivity index (χ2n) is 6.78. The van der Waals surface area contributed by atoms with Crippen molar-refractivity contribution in [3.05, 3.63) is 57.6 Å². The van der Waals surface area contributed by atoms with E-state index in [9.17, 15) is 4.57 Å². The fourth-order valence-corrected chi connectivity index (χ4v) is 4.45. The van der Waals surface area contributed by atoms with Gasteiger partial charge in [0, 0.05) is 11.4 Å². The summed E-state index contributed by atoms with van der Waals surface area (Å²) >= 11 is 0. The quantitative estimate of drug-likeness (QED) is 0.418. The van der Waals surface area contributed by atoms with Crippen molar-refractivity contribution in [2.45, 2.75) is 66.6 Å². The zero-order valence-electron chi connectivity index (χ0n) is 17.4. The van der Waals surface area contributed by atoms with E-state index in [1.807, 2.05) is 24.3 Å². The molecule has 0 bridgehead atoms. The second kappa shape index (κ2) is 10.7. The van der Waals surface area contributed by atoms with Gasteiger partial charge in [-0.3, -0.25) is 4.57 Å². The molecule has 0 aliphatic rings. The molecule has 154 valence electrons. The van der Waals surface area contributed by atoms with E-state index in [1.165, 1.54) is 11.1 Å². The molecule has 0 aliphatic heterocycles. The van der Waals surface area contributed by atoms with Crippen LogP contribution in [0.3, 0.4) is 0 Å². The first-order valence-electron chi connectivity index (χ1n) is 10.0. The summed E-state index contributed by atoms with van der Waals surface area (Å²) in [6, 6.07) is 7.68. The van der Waals surface area contributed by atoms with Crippen molar-refractivity contribution in [2.75, 3.05) is 11.5 Å². The highest BCUT2D eigenvalue weighted by Gasteiger charge is 2.13. The Morgan fingerprint density at radius 1 is 0.679 bits per heavy atom. The summed E-state index contributed by atoms with van der Waals surface area (Å²) in [5.74, 6) is 0. The highest BCUT2D eigenvalue weighted by Crippen LogP contribution is 2.32. The first-order chi connectivity index (χ1) is 13.5. The number of hydrogen-bond acceptors (Lipinski definition) is 5. The van der Waals surface area contributed by atoms with E-state index in [0.717, 1.165) is 59.3 Å². The van der Waals surface area contributed by atoms with Crippen molar-refractivity contribution in [3.63, 3.8) is 0 Å². The van der Waals surface area contributed by atoms with Gasteiger partial charge in [-0.05, 0) is 71.2 Å². The van der Waals surface area contributed by atoms with Gasteiger partial charge in [0.05, 0.1) is 13.2 Å². The van der Waals surface area contributed by atoms with Crippen LogP contribution in [0.15, 0.2) is 24.3 Å². The highest BCUT2D eigenvalue weighted by atomic mass is 31.1. The SMILES string of the molecule is CCc1c(N)ccc(CO[PH](=O)OCc2ccc(N)c(CC)c2CC)c1CC. The van der Waals surface area contributed by atoms with Crippen LogP contribution in [-0.2, 0) is 52.5 Å². The summed E-state index contributed by atoms with van der Waals surface area (Å²) in [6.07, 6.45) is 3.45. The van der Waals surface area contributed by atoms with Crippen LogP contribution in [0.5, 0.6) is 0 Å². The minimum atomic E-state index is -2.60. The minimum absolute atomic E-state index is 0.261. The number of nitrogen functional groups attached to an aromatic ring is 2. The second-order valence-corrected chi connectivity index (χ2v) is 7.86. The summed E-state index contributed by atoms with van der Waals surface area (Å²) in [6.45, 7) is 8.88. The van der Waals surface area contributed by atoms with Gasteiger partial charge < -0.3 is 20.5 Å². The molecule has 0 amide bonds. The summed E-state index contributed by atoms with van der Waals surface area (Å²) in [4.78, 5) is 0. The molecule has 0 aliphatic carbocycles. The van der Waals surface area contributed by atoms with Gasteiger partial charge in [0.2, 0.25) is 0 Å². The fourth-order valence-electron chi connectivity index (χ4n) is 3.82. The molecule has 0 heterocycles. The molecule has 6 heteroatoms. The standard InChI is InChI=1S/C22H33N2O3P/c1-5-17-15(9-11-21(23)19(17)7-3)13-26-28(25)27-14-16-10-12-22(24)20(8-4)18(16)6-2/h9-12,28H,5-8,13-14,23-24H2,1-4H3. The molecule has 2 aromatic rings.